The molecule has 3 N–H and O–H groups in total. The van der Waals surface area contributed by atoms with Crippen molar-refractivity contribution in [3.05, 3.63) is 59.5 Å². The van der Waals surface area contributed by atoms with Crippen LogP contribution < -0.4 is 10.5 Å². The number of furan rings is 1. The molecule has 108 valence electrons. The summed E-state index contributed by atoms with van der Waals surface area (Å²) in [6.07, 6.45) is 2.11. The summed E-state index contributed by atoms with van der Waals surface area (Å²) in [5.74, 6) is 0.732. The minimum absolute atomic E-state index is 0.0317. The van der Waals surface area contributed by atoms with Crippen molar-refractivity contribution in [2.45, 2.75) is 18.7 Å². The van der Waals surface area contributed by atoms with Crippen LogP contribution in [0.25, 0.3) is 0 Å². The van der Waals surface area contributed by atoms with E-state index < -0.39 is 10.0 Å². The Morgan fingerprint density at radius 1 is 1.10 bits per heavy atom. The molecular formula is C14H18N2O3S. The molecule has 6 heteroatoms. The first-order valence-corrected chi connectivity index (χ1v) is 8.02. The number of rotatable bonds is 7. The summed E-state index contributed by atoms with van der Waals surface area (Å²) in [4.78, 5) is 0. The summed E-state index contributed by atoms with van der Waals surface area (Å²) in [6.45, 7) is 0.783. The van der Waals surface area contributed by atoms with Crippen LogP contribution in [0, 0.1) is 0 Å². The van der Waals surface area contributed by atoms with Crippen molar-refractivity contribution in [1.29, 1.82) is 0 Å². The zero-order valence-electron chi connectivity index (χ0n) is 11.1. The molecule has 0 aliphatic rings. The van der Waals surface area contributed by atoms with Crippen LogP contribution in [-0.2, 0) is 28.7 Å². The second-order valence-corrected chi connectivity index (χ2v) is 6.31. The summed E-state index contributed by atoms with van der Waals surface area (Å²) in [7, 11) is -3.33. The first-order chi connectivity index (χ1) is 9.59. The third-order valence-corrected chi connectivity index (χ3v) is 4.25. The number of nitrogens with two attached hydrogens (primary N) is 1. The molecule has 0 saturated carbocycles. The highest BCUT2D eigenvalue weighted by atomic mass is 32.2. The Bertz CT molecular complexity index is 619. The third kappa shape index (κ3) is 4.48. The lowest BCUT2D eigenvalue weighted by molar-refractivity contribution is 0.506. The fourth-order valence-electron chi connectivity index (χ4n) is 1.83. The average Bonchev–Trinajstić information content (AvgIpc) is 2.92. The Morgan fingerprint density at radius 3 is 2.40 bits per heavy atom. The quantitative estimate of drug-likeness (QED) is 0.808. The molecule has 2 rings (SSSR count). The normalized spacial score (nSPS) is 11.7. The fourth-order valence-corrected chi connectivity index (χ4v) is 2.97. The van der Waals surface area contributed by atoms with Gasteiger partial charge in [0.1, 0.15) is 5.76 Å². The predicted octanol–water partition coefficient (Wildman–Crippen LogP) is 1.40. The van der Waals surface area contributed by atoms with Gasteiger partial charge < -0.3 is 10.2 Å². The van der Waals surface area contributed by atoms with Crippen molar-refractivity contribution in [2.75, 3.05) is 6.54 Å². The maximum Gasteiger partial charge on any atom is 0.215 e. The first-order valence-electron chi connectivity index (χ1n) is 6.37. The summed E-state index contributed by atoms with van der Waals surface area (Å²) >= 11 is 0. The Labute approximate surface area is 118 Å². The van der Waals surface area contributed by atoms with Gasteiger partial charge in [0.15, 0.2) is 0 Å². The summed E-state index contributed by atoms with van der Waals surface area (Å²) in [6, 6.07) is 10.9. The highest BCUT2D eigenvalue weighted by Gasteiger charge is 2.11. The van der Waals surface area contributed by atoms with Crippen LogP contribution in [0.3, 0.4) is 0 Å². The Kier molecular flexibility index (Phi) is 4.94. The van der Waals surface area contributed by atoms with Crippen LogP contribution >= 0.6 is 0 Å². The van der Waals surface area contributed by atoms with E-state index in [9.17, 15) is 8.42 Å². The number of sulfonamides is 1. The molecule has 0 fully saturated rings. The van der Waals surface area contributed by atoms with Crippen molar-refractivity contribution in [1.82, 2.24) is 4.72 Å². The van der Waals surface area contributed by atoms with E-state index in [1.54, 1.807) is 24.5 Å². The Hall–Kier alpha value is -1.63. The van der Waals surface area contributed by atoms with Gasteiger partial charge in [-0.3, -0.25) is 0 Å². The molecule has 2 aromatic rings. The minimum Gasteiger partial charge on any atom is -0.469 e. The molecule has 1 aromatic heterocycles. The Morgan fingerprint density at radius 2 is 1.80 bits per heavy atom. The molecule has 1 aromatic carbocycles. The minimum atomic E-state index is -3.33. The van der Waals surface area contributed by atoms with Crippen molar-refractivity contribution in [3.8, 4) is 0 Å². The van der Waals surface area contributed by atoms with E-state index in [1.807, 2.05) is 18.2 Å². The largest absolute Gasteiger partial charge is 0.469 e. The molecule has 0 bridgehead atoms. The van der Waals surface area contributed by atoms with Gasteiger partial charge in [-0.05, 0) is 23.3 Å². The van der Waals surface area contributed by atoms with Gasteiger partial charge in [-0.1, -0.05) is 24.3 Å². The summed E-state index contributed by atoms with van der Waals surface area (Å²) < 4.78 is 31.5. The van der Waals surface area contributed by atoms with E-state index in [0.29, 0.717) is 19.5 Å². The SMILES string of the molecule is NCc1ccc(CS(=O)(=O)NCCc2ccco2)cc1. The zero-order chi connectivity index (χ0) is 14.4. The lowest BCUT2D eigenvalue weighted by Gasteiger charge is -2.06. The van der Waals surface area contributed by atoms with Gasteiger partial charge in [-0.25, -0.2) is 13.1 Å². The molecule has 0 spiro atoms. The standard InChI is InChI=1S/C14H18N2O3S/c15-10-12-3-5-13(6-4-12)11-20(17,18)16-8-7-14-2-1-9-19-14/h1-6,9,16H,7-8,10-11,15H2. The van der Waals surface area contributed by atoms with E-state index in [-0.39, 0.29) is 5.75 Å². The van der Waals surface area contributed by atoms with E-state index in [1.165, 1.54) is 0 Å². The topological polar surface area (TPSA) is 85.3 Å². The average molecular weight is 294 g/mol. The van der Waals surface area contributed by atoms with Gasteiger partial charge in [0, 0.05) is 19.5 Å². The maximum absolute atomic E-state index is 11.9. The molecule has 0 amide bonds. The van der Waals surface area contributed by atoms with E-state index in [4.69, 9.17) is 10.2 Å². The summed E-state index contributed by atoms with van der Waals surface area (Å²) in [5, 5.41) is 0. The lowest BCUT2D eigenvalue weighted by atomic mass is 10.1. The molecular weight excluding hydrogens is 276 g/mol. The van der Waals surface area contributed by atoms with Gasteiger partial charge in [-0.15, -0.1) is 0 Å². The highest BCUT2D eigenvalue weighted by molar-refractivity contribution is 7.88. The number of hydrogen-bond donors (Lipinski definition) is 2. The van der Waals surface area contributed by atoms with Crippen molar-refractivity contribution in [2.24, 2.45) is 5.73 Å². The van der Waals surface area contributed by atoms with Crippen LogP contribution in [0.2, 0.25) is 0 Å². The zero-order valence-corrected chi connectivity index (χ0v) is 11.9. The van der Waals surface area contributed by atoms with E-state index in [0.717, 1.165) is 16.9 Å². The van der Waals surface area contributed by atoms with Gasteiger partial charge >= 0.3 is 0 Å². The molecule has 0 atom stereocenters. The number of hydrogen-bond acceptors (Lipinski definition) is 4. The van der Waals surface area contributed by atoms with Crippen molar-refractivity contribution < 1.29 is 12.8 Å². The van der Waals surface area contributed by atoms with Crippen molar-refractivity contribution >= 4 is 10.0 Å². The van der Waals surface area contributed by atoms with Crippen LogP contribution in [-0.4, -0.2) is 15.0 Å². The fraction of sp³-hybridized carbons (Fsp3) is 0.286. The van der Waals surface area contributed by atoms with Gasteiger partial charge in [0.2, 0.25) is 10.0 Å². The number of nitrogens with one attached hydrogen (secondary N) is 1. The maximum atomic E-state index is 11.9. The van der Waals surface area contributed by atoms with Gasteiger partial charge in [-0.2, -0.15) is 0 Å². The number of benzene rings is 1. The molecule has 0 radical (unpaired) electrons. The van der Waals surface area contributed by atoms with Crippen molar-refractivity contribution in [3.63, 3.8) is 0 Å². The molecule has 0 aliphatic heterocycles. The molecule has 0 unspecified atom stereocenters. The van der Waals surface area contributed by atoms with Crippen LogP contribution in [0.4, 0.5) is 0 Å². The third-order valence-electron chi connectivity index (χ3n) is 2.89. The summed E-state index contributed by atoms with van der Waals surface area (Å²) in [5.41, 5.74) is 7.23. The monoisotopic (exact) mass is 294 g/mol. The van der Waals surface area contributed by atoms with Crippen LogP contribution in [0.5, 0.6) is 0 Å². The molecule has 20 heavy (non-hydrogen) atoms. The van der Waals surface area contributed by atoms with Gasteiger partial charge in [0.25, 0.3) is 0 Å². The van der Waals surface area contributed by atoms with Gasteiger partial charge in [0.05, 0.1) is 12.0 Å². The Balaban J connectivity index is 1.86. The van der Waals surface area contributed by atoms with Crippen LogP contribution in [0.15, 0.2) is 47.1 Å². The van der Waals surface area contributed by atoms with E-state index >= 15 is 0 Å². The highest BCUT2D eigenvalue weighted by Crippen LogP contribution is 2.08. The smallest absolute Gasteiger partial charge is 0.215 e. The van der Waals surface area contributed by atoms with E-state index in [2.05, 4.69) is 4.72 Å². The second kappa shape index (κ2) is 6.69. The molecule has 0 aliphatic carbocycles. The lowest BCUT2D eigenvalue weighted by Crippen LogP contribution is -2.27. The van der Waals surface area contributed by atoms with Crippen LogP contribution in [0.1, 0.15) is 16.9 Å². The second-order valence-electron chi connectivity index (χ2n) is 4.50. The molecule has 0 saturated heterocycles. The molecule has 5 nitrogen and oxygen atoms in total. The molecule has 1 heterocycles. The predicted molar refractivity (Wildman–Crippen MR) is 77.4 cm³/mol. The first kappa shape index (κ1) is 14.8.